The lowest BCUT2D eigenvalue weighted by atomic mass is 10.3. The minimum Gasteiger partial charge on any atom is -0.408 e. The highest BCUT2D eigenvalue weighted by Crippen LogP contribution is 2.05. The topological polar surface area (TPSA) is 95.9 Å². The van der Waals surface area contributed by atoms with E-state index in [9.17, 15) is 0 Å². The van der Waals surface area contributed by atoms with Crippen molar-refractivity contribution in [3.8, 4) is 5.75 Å². The zero-order valence-electron chi connectivity index (χ0n) is 8.41. The summed E-state index contributed by atoms with van der Waals surface area (Å²) in [5, 5.41) is 0. The number of hydrogen-bond acceptors (Lipinski definition) is 4. The van der Waals surface area contributed by atoms with Crippen molar-refractivity contribution in [3.63, 3.8) is 0 Å². The van der Waals surface area contributed by atoms with E-state index in [1.807, 2.05) is 30.3 Å². The summed E-state index contributed by atoms with van der Waals surface area (Å²) < 4.78 is 31.6. The molecule has 16 heavy (non-hydrogen) atoms. The second kappa shape index (κ2) is 7.83. The lowest BCUT2D eigenvalue weighted by Gasteiger charge is -2.02. The van der Waals surface area contributed by atoms with Crippen LogP contribution in [0.25, 0.3) is 0 Å². The van der Waals surface area contributed by atoms with Crippen molar-refractivity contribution in [2.45, 2.75) is 0 Å². The molecule has 1 rings (SSSR count). The molecule has 0 bridgehead atoms. The number of hydroxylamine groups is 1. The van der Waals surface area contributed by atoms with Crippen molar-refractivity contribution in [2.75, 3.05) is 6.54 Å². The van der Waals surface area contributed by atoms with E-state index in [2.05, 4.69) is 12.1 Å². The highest BCUT2D eigenvalue weighted by Gasteiger charge is 1.86. The van der Waals surface area contributed by atoms with Crippen LogP contribution in [-0.2, 0) is 10.4 Å². The number of para-hydroxylation sites is 1. The zero-order valence-corrected chi connectivity index (χ0v) is 9.22. The van der Waals surface area contributed by atoms with E-state index >= 15 is 0 Å². The summed E-state index contributed by atoms with van der Waals surface area (Å²) in [6, 6.07) is 9.56. The van der Waals surface area contributed by atoms with Gasteiger partial charge in [0.1, 0.15) is 5.75 Å². The van der Waals surface area contributed by atoms with Crippen molar-refractivity contribution in [1.29, 1.82) is 0 Å². The summed E-state index contributed by atoms with van der Waals surface area (Å²) in [4.78, 5) is 5.13. The first-order valence-electron chi connectivity index (χ1n) is 4.19. The van der Waals surface area contributed by atoms with E-state index < -0.39 is 10.4 Å². The van der Waals surface area contributed by atoms with Crippen molar-refractivity contribution in [1.82, 2.24) is 5.48 Å². The fourth-order valence-electron chi connectivity index (χ4n) is 0.672. The van der Waals surface area contributed by atoms with Crippen LogP contribution in [-0.4, -0.2) is 24.1 Å². The van der Waals surface area contributed by atoms with E-state index in [1.165, 1.54) is 0 Å². The Morgan fingerprint density at radius 3 is 2.25 bits per heavy atom. The maximum atomic E-state index is 8.74. The van der Waals surface area contributed by atoms with Crippen molar-refractivity contribution >= 4 is 10.4 Å². The number of rotatable bonds is 4. The fraction of sp³-hybridized carbons (Fsp3) is 0.111. The minimum absolute atomic E-state index is 0.648. The van der Waals surface area contributed by atoms with Gasteiger partial charge in [-0.15, -0.1) is 6.58 Å². The van der Waals surface area contributed by atoms with Gasteiger partial charge in [0.25, 0.3) is 0 Å². The molecular weight excluding hydrogens is 234 g/mol. The molecule has 0 radical (unpaired) electrons. The fourth-order valence-corrected chi connectivity index (χ4v) is 0.672. The molecule has 0 fully saturated rings. The third-order valence-corrected chi connectivity index (χ3v) is 1.16. The minimum atomic E-state index is -4.67. The second-order valence-corrected chi connectivity index (χ2v) is 3.40. The largest absolute Gasteiger partial charge is 0.408 e. The van der Waals surface area contributed by atoms with Crippen molar-refractivity contribution in [2.24, 2.45) is 0 Å². The molecule has 1 aromatic rings. The van der Waals surface area contributed by atoms with E-state index in [0.717, 1.165) is 5.75 Å². The van der Waals surface area contributed by atoms with E-state index in [1.54, 1.807) is 6.08 Å². The van der Waals surface area contributed by atoms with Crippen molar-refractivity contribution in [3.05, 3.63) is 43.0 Å². The Kier molecular flexibility index (Phi) is 7.14. The standard InChI is InChI=1S/C9H11NO.H2O4S/c1-2-8-10-11-9-6-4-3-5-7-9;1-5(2,3)4/h2-7,10H,1,8H2;(H2,1,2,3,4). The zero-order chi connectivity index (χ0) is 12.4. The van der Waals surface area contributed by atoms with Crippen LogP contribution in [0.2, 0.25) is 0 Å². The van der Waals surface area contributed by atoms with Crippen LogP contribution < -0.4 is 10.3 Å². The van der Waals surface area contributed by atoms with Gasteiger partial charge in [-0.1, -0.05) is 24.3 Å². The summed E-state index contributed by atoms with van der Waals surface area (Å²) in [7, 11) is -4.67. The maximum absolute atomic E-state index is 8.74. The predicted octanol–water partition coefficient (Wildman–Crippen LogP) is 1.10. The predicted molar refractivity (Wildman–Crippen MR) is 59.4 cm³/mol. The van der Waals surface area contributed by atoms with Crippen LogP contribution in [0.15, 0.2) is 43.0 Å². The molecule has 0 heterocycles. The molecule has 0 aliphatic heterocycles. The second-order valence-electron chi connectivity index (χ2n) is 2.50. The van der Waals surface area contributed by atoms with Crippen LogP contribution in [0.3, 0.4) is 0 Å². The van der Waals surface area contributed by atoms with Crippen LogP contribution in [0.1, 0.15) is 0 Å². The first kappa shape index (κ1) is 14.6. The normalized spacial score (nSPS) is 9.88. The lowest BCUT2D eigenvalue weighted by molar-refractivity contribution is 0.209. The van der Waals surface area contributed by atoms with Crippen LogP contribution in [0, 0.1) is 0 Å². The third-order valence-electron chi connectivity index (χ3n) is 1.16. The van der Waals surface area contributed by atoms with Gasteiger partial charge in [-0.25, -0.2) is 0 Å². The Morgan fingerprint density at radius 2 is 1.81 bits per heavy atom. The van der Waals surface area contributed by atoms with Gasteiger partial charge in [-0.2, -0.15) is 13.9 Å². The third kappa shape index (κ3) is 12.6. The SMILES string of the molecule is C=CCNOc1ccccc1.O=S(=O)(O)O. The van der Waals surface area contributed by atoms with Gasteiger partial charge in [-0.05, 0) is 12.1 Å². The van der Waals surface area contributed by atoms with Crippen molar-refractivity contribution < 1.29 is 22.4 Å². The molecule has 1 aromatic carbocycles. The molecule has 7 heteroatoms. The van der Waals surface area contributed by atoms with Gasteiger partial charge in [0.05, 0.1) is 0 Å². The number of nitrogens with one attached hydrogen (secondary N) is 1. The van der Waals surface area contributed by atoms with Crippen LogP contribution in [0.5, 0.6) is 5.75 Å². The summed E-state index contributed by atoms with van der Waals surface area (Å²) in [6.07, 6.45) is 1.74. The molecule has 90 valence electrons. The first-order chi connectivity index (χ1) is 7.43. The highest BCUT2D eigenvalue weighted by molar-refractivity contribution is 7.79. The van der Waals surface area contributed by atoms with Crippen LogP contribution in [0.4, 0.5) is 0 Å². The molecule has 0 atom stereocenters. The molecule has 0 saturated heterocycles. The maximum Gasteiger partial charge on any atom is 0.394 e. The Balaban J connectivity index is 0.000000385. The lowest BCUT2D eigenvalue weighted by Crippen LogP contribution is -2.17. The van der Waals surface area contributed by atoms with E-state index in [0.29, 0.717) is 6.54 Å². The molecule has 6 nitrogen and oxygen atoms in total. The molecule has 0 aliphatic carbocycles. The first-order valence-corrected chi connectivity index (χ1v) is 5.58. The van der Waals surface area contributed by atoms with E-state index in [-0.39, 0.29) is 0 Å². The summed E-state index contributed by atoms with van der Waals surface area (Å²) in [6.45, 7) is 4.20. The van der Waals surface area contributed by atoms with E-state index in [4.69, 9.17) is 22.4 Å². The van der Waals surface area contributed by atoms with Gasteiger partial charge in [0, 0.05) is 6.54 Å². The molecular formula is C9H13NO5S. The average molecular weight is 247 g/mol. The molecule has 3 N–H and O–H groups in total. The summed E-state index contributed by atoms with van der Waals surface area (Å²) in [5.41, 5.74) is 2.73. The Bertz CT molecular complexity index is 382. The highest BCUT2D eigenvalue weighted by atomic mass is 32.3. The molecule has 0 saturated carbocycles. The van der Waals surface area contributed by atoms with Gasteiger partial charge in [0.15, 0.2) is 0 Å². The molecule has 0 amide bonds. The van der Waals surface area contributed by atoms with Gasteiger partial charge in [-0.3, -0.25) is 9.11 Å². The summed E-state index contributed by atoms with van der Waals surface area (Å²) >= 11 is 0. The monoisotopic (exact) mass is 247 g/mol. The molecule has 0 aromatic heterocycles. The van der Waals surface area contributed by atoms with Gasteiger partial charge < -0.3 is 4.84 Å². The van der Waals surface area contributed by atoms with Crippen LogP contribution >= 0.6 is 0 Å². The molecule has 0 aliphatic rings. The van der Waals surface area contributed by atoms with Gasteiger partial charge >= 0.3 is 10.4 Å². The quantitative estimate of drug-likeness (QED) is 0.319. The Hall–Kier alpha value is -1.41. The number of hydrogen-bond donors (Lipinski definition) is 3. The smallest absolute Gasteiger partial charge is 0.394 e. The Morgan fingerprint density at radius 1 is 1.31 bits per heavy atom. The number of benzene rings is 1. The molecule has 0 unspecified atom stereocenters. The Labute approximate surface area is 94.1 Å². The van der Waals surface area contributed by atoms with Gasteiger partial charge in [0.2, 0.25) is 0 Å². The summed E-state index contributed by atoms with van der Waals surface area (Å²) in [5.74, 6) is 0.814. The molecule has 0 spiro atoms. The average Bonchev–Trinajstić information content (AvgIpc) is 2.17.